The molecule has 5 nitrogen and oxygen atoms in total. The smallest absolute Gasteiger partial charge is 0.210 e. The predicted octanol–water partition coefficient (Wildman–Crippen LogP) is 2.44. The summed E-state index contributed by atoms with van der Waals surface area (Å²) in [6.45, 7) is 2.15. The fraction of sp³-hybridized carbons (Fsp3) is 0.417. The van der Waals surface area contributed by atoms with E-state index in [2.05, 4.69) is 34.6 Å². The zero-order valence-corrected chi connectivity index (χ0v) is 11.0. The van der Waals surface area contributed by atoms with Gasteiger partial charge in [0.2, 0.25) is 5.16 Å². The summed E-state index contributed by atoms with van der Waals surface area (Å²) in [5.41, 5.74) is 7.72. The molecule has 1 aliphatic rings. The molecule has 0 spiro atoms. The van der Waals surface area contributed by atoms with Crippen LogP contribution in [0.4, 0.5) is 5.69 Å². The van der Waals surface area contributed by atoms with E-state index in [0.717, 1.165) is 10.8 Å². The van der Waals surface area contributed by atoms with Crippen LogP contribution in [0.15, 0.2) is 29.4 Å². The molecular weight excluding hydrogens is 246 g/mol. The summed E-state index contributed by atoms with van der Waals surface area (Å²) in [6.07, 6.45) is 2.38. The minimum absolute atomic E-state index is 0.314. The molecule has 0 saturated heterocycles. The van der Waals surface area contributed by atoms with Gasteiger partial charge in [0.15, 0.2) is 0 Å². The van der Waals surface area contributed by atoms with Crippen LogP contribution in [0, 0.1) is 0 Å². The van der Waals surface area contributed by atoms with Crippen molar-refractivity contribution in [3.05, 3.63) is 29.8 Å². The molecule has 1 aromatic carbocycles. The molecule has 1 aliphatic carbocycles. The van der Waals surface area contributed by atoms with Crippen molar-refractivity contribution in [1.82, 2.24) is 20.2 Å². The van der Waals surface area contributed by atoms with Crippen molar-refractivity contribution >= 4 is 17.4 Å². The van der Waals surface area contributed by atoms with Gasteiger partial charge in [-0.25, -0.2) is 4.68 Å². The average molecular weight is 261 g/mol. The Morgan fingerprint density at radius 2 is 2.06 bits per heavy atom. The lowest BCUT2D eigenvalue weighted by atomic mass is 10.1. The summed E-state index contributed by atoms with van der Waals surface area (Å²) < 4.78 is 1.94. The SMILES string of the molecule is CC(Sc1nnnn1C1CC1)c1ccc(N)cc1. The number of benzene rings is 1. The van der Waals surface area contributed by atoms with Crippen LogP contribution < -0.4 is 5.73 Å². The number of hydrogen-bond acceptors (Lipinski definition) is 5. The molecule has 1 unspecified atom stereocenters. The molecule has 1 aromatic heterocycles. The topological polar surface area (TPSA) is 69.6 Å². The van der Waals surface area contributed by atoms with Crippen molar-refractivity contribution in [2.45, 2.75) is 36.2 Å². The van der Waals surface area contributed by atoms with Crippen molar-refractivity contribution in [2.24, 2.45) is 0 Å². The molecule has 1 fully saturated rings. The van der Waals surface area contributed by atoms with Gasteiger partial charge in [-0.2, -0.15) is 0 Å². The molecule has 1 atom stereocenters. The van der Waals surface area contributed by atoms with E-state index in [0.29, 0.717) is 11.3 Å². The van der Waals surface area contributed by atoms with Crippen molar-refractivity contribution in [2.75, 3.05) is 5.73 Å². The van der Waals surface area contributed by atoms with Gasteiger partial charge in [-0.3, -0.25) is 0 Å². The Morgan fingerprint density at radius 1 is 1.33 bits per heavy atom. The number of nitrogens with two attached hydrogens (primary N) is 1. The van der Waals surface area contributed by atoms with E-state index in [1.165, 1.54) is 18.4 Å². The average Bonchev–Trinajstić information content (AvgIpc) is 3.11. The van der Waals surface area contributed by atoms with Crippen LogP contribution in [-0.4, -0.2) is 20.2 Å². The second kappa shape index (κ2) is 4.61. The largest absolute Gasteiger partial charge is 0.399 e. The lowest BCUT2D eigenvalue weighted by Gasteiger charge is -2.11. The molecule has 2 N–H and O–H groups in total. The fourth-order valence-electron chi connectivity index (χ4n) is 1.80. The molecule has 0 amide bonds. The second-order valence-corrected chi connectivity index (χ2v) is 5.87. The third-order valence-corrected chi connectivity index (χ3v) is 4.15. The highest BCUT2D eigenvalue weighted by Crippen LogP contribution is 2.40. The Balaban J connectivity index is 1.75. The van der Waals surface area contributed by atoms with Crippen LogP contribution in [0.3, 0.4) is 0 Å². The standard InChI is InChI=1S/C12H15N5S/c1-8(9-2-4-10(13)5-3-9)18-12-14-15-16-17(12)11-6-7-11/h2-5,8,11H,6-7,13H2,1H3. The summed E-state index contributed by atoms with van der Waals surface area (Å²) in [7, 11) is 0. The molecule has 94 valence electrons. The summed E-state index contributed by atoms with van der Waals surface area (Å²) in [5, 5.41) is 13.1. The maximum Gasteiger partial charge on any atom is 0.210 e. The van der Waals surface area contributed by atoms with E-state index < -0.39 is 0 Å². The molecule has 0 bridgehead atoms. The summed E-state index contributed by atoms with van der Waals surface area (Å²) >= 11 is 1.69. The molecular formula is C12H15N5S. The number of aromatic nitrogens is 4. The highest BCUT2D eigenvalue weighted by atomic mass is 32.2. The highest BCUT2D eigenvalue weighted by molar-refractivity contribution is 7.99. The maximum atomic E-state index is 5.69. The van der Waals surface area contributed by atoms with Gasteiger partial charge in [0, 0.05) is 10.9 Å². The van der Waals surface area contributed by atoms with Gasteiger partial charge < -0.3 is 5.73 Å². The quantitative estimate of drug-likeness (QED) is 0.676. The minimum Gasteiger partial charge on any atom is -0.399 e. The van der Waals surface area contributed by atoms with Crippen LogP contribution in [0.5, 0.6) is 0 Å². The lowest BCUT2D eigenvalue weighted by Crippen LogP contribution is -2.00. The zero-order chi connectivity index (χ0) is 12.5. The number of anilines is 1. The van der Waals surface area contributed by atoms with Crippen molar-refractivity contribution < 1.29 is 0 Å². The predicted molar refractivity (Wildman–Crippen MR) is 71.2 cm³/mol. The first-order valence-electron chi connectivity index (χ1n) is 6.04. The first kappa shape index (κ1) is 11.5. The molecule has 3 rings (SSSR count). The Morgan fingerprint density at radius 3 is 2.72 bits per heavy atom. The van der Waals surface area contributed by atoms with Gasteiger partial charge in [-0.15, -0.1) is 5.10 Å². The van der Waals surface area contributed by atoms with Crippen LogP contribution in [-0.2, 0) is 0 Å². The second-order valence-electron chi connectivity index (χ2n) is 4.56. The van der Waals surface area contributed by atoms with E-state index in [1.807, 2.05) is 16.8 Å². The molecule has 6 heteroatoms. The summed E-state index contributed by atoms with van der Waals surface area (Å²) in [6, 6.07) is 8.48. The summed E-state index contributed by atoms with van der Waals surface area (Å²) in [4.78, 5) is 0. The number of nitrogen functional groups attached to an aromatic ring is 1. The van der Waals surface area contributed by atoms with E-state index in [-0.39, 0.29) is 0 Å². The zero-order valence-electron chi connectivity index (χ0n) is 10.2. The molecule has 1 heterocycles. The monoisotopic (exact) mass is 261 g/mol. The molecule has 0 aliphatic heterocycles. The maximum absolute atomic E-state index is 5.69. The third-order valence-electron chi connectivity index (χ3n) is 3.04. The summed E-state index contributed by atoms with van der Waals surface area (Å²) in [5.74, 6) is 0. The first-order valence-corrected chi connectivity index (χ1v) is 6.92. The van der Waals surface area contributed by atoms with Crippen molar-refractivity contribution in [3.8, 4) is 0 Å². The number of hydrogen-bond donors (Lipinski definition) is 1. The van der Waals surface area contributed by atoms with Gasteiger partial charge in [0.1, 0.15) is 0 Å². The molecule has 0 radical (unpaired) electrons. The lowest BCUT2D eigenvalue weighted by molar-refractivity contribution is 0.565. The van der Waals surface area contributed by atoms with Crippen LogP contribution >= 0.6 is 11.8 Å². The minimum atomic E-state index is 0.314. The van der Waals surface area contributed by atoms with Gasteiger partial charge in [0.05, 0.1) is 6.04 Å². The van der Waals surface area contributed by atoms with Crippen LogP contribution in [0.1, 0.15) is 36.6 Å². The number of tetrazole rings is 1. The van der Waals surface area contributed by atoms with E-state index in [4.69, 9.17) is 5.73 Å². The van der Waals surface area contributed by atoms with Crippen LogP contribution in [0.25, 0.3) is 0 Å². The Labute approximate surface area is 110 Å². The number of thioether (sulfide) groups is 1. The fourth-order valence-corrected chi connectivity index (χ4v) is 2.79. The molecule has 1 saturated carbocycles. The van der Waals surface area contributed by atoms with Crippen molar-refractivity contribution in [3.63, 3.8) is 0 Å². The highest BCUT2D eigenvalue weighted by Gasteiger charge is 2.28. The number of rotatable bonds is 4. The molecule has 18 heavy (non-hydrogen) atoms. The first-order chi connectivity index (χ1) is 8.74. The van der Waals surface area contributed by atoms with Gasteiger partial charge in [-0.1, -0.05) is 23.9 Å². The van der Waals surface area contributed by atoms with E-state index >= 15 is 0 Å². The van der Waals surface area contributed by atoms with Gasteiger partial charge in [0.25, 0.3) is 0 Å². The molecule has 2 aromatic rings. The normalized spacial score (nSPS) is 16.7. The van der Waals surface area contributed by atoms with Gasteiger partial charge in [-0.05, 0) is 47.9 Å². The Hall–Kier alpha value is -1.56. The Bertz CT molecular complexity index is 532. The van der Waals surface area contributed by atoms with E-state index in [9.17, 15) is 0 Å². The van der Waals surface area contributed by atoms with Crippen LogP contribution in [0.2, 0.25) is 0 Å². The third kappa shape index (κ3) is 2.33. The van der Waals surface area contributed by atoms with Crippen molar-refractivity contribution in [1.29, 1.82) is 0 Å². The van der Waals surface area contributed by atoms with E-state index in [1.54, 1.807) is 11.8 Å². The Kier molecular flexibility index (Phi) is 2.95. The number of nitrogens with zero attached hydrogens (tertiary/aromatic N) is 4. The van der Waals surface area contributed by atoms with Gasteiger partial charge >= 0.3 is 0 Å².